The molecule has 30 heteroatoms. The largest absolute Gasteiger partial charge is 0.508 e. The number of nitrogens with zero attached hydrogens (tertiary/aromatic N) is 3. The molecule has 4 aromatic rings. The highest BCUT2D eigenvalue weighted by atomic mass is 16.3. The number of nitrogens with one attached hydrogen (secondary N) is 12. The predicted molar refractivity (Wildman–Crippen MR) is 331 cm³/mol. The number of benzene rings is 2. The molecule has 2 fully saturated rings. The Morgan fingerprint density at radius 2 is 1.29 bits per heavy atom. The van der Waals surface area contributed by atoms with E-state index in [-0.39, 0.29) is 106 Å². The number of H-pyrrole nitrogens is 2. The molecule has 0 aliphatic carbocycles. The summed E-state index contributed by atoms with van der Waals surface area (Å²) in [4.78, 5) is 167. The average Bonchev–Trinajstić information content (AvgIpc) is 2.35. The third kappa shape index (κ3) is 21.4. The van der Waals surface area contributed by atoms with Crippen LogP contribution in [0.25, 0.3) is 10.9 Å². The number of aliphatic hydroxyl groups is 2. The molecular formula is C61H86N16O14. The fourth-order valence-electron chi connectivity index (χ4n) is 10.7. The van der Waals surface area contributed by atoms with Crippen molar-refractivity contribution in [3.63, 3.8) is 0 Å². The number of likely N-dealkylation sites (N-methyl/N-ethyl adjacent to an activating group) is 1. The Bertz CT molecular complexity index is 3210. The minimum Gasteiger partial charge on any atom is -0.508 e. The summed E-state index contributed by atoms with van der Waals surface area (Å²) in [6.07, 6.45) is 5.33. The number of aliphatic hydroxyl groups excluding tert-OH is 2. The van der Waals surface area contributed by atoms with Crippen LogP contribution < -0.4 is 58.9 Å². The van der Waals surface area contributed by atoms with Gasteiger partial charge < -0.3 is 83.8 Å². The van der Waals surface area contributed by atoms with E-state index in [1.165, 1.54) is 41.7 Å². The number of guanidine groups is 1. The van der Waals surface area contributed by atoms with E-state index in [9.17, 15) is 63.0 Å². The molecule has 6 rings (SSSR count). The van der Waals surface area contributed by atoms with Crippen LogP contribution >= 0.6 is 0 Å². The number of likely N-dealkylation sites (tertiary alicyclic amines) is 1. The smallest absolute Gasteiger partial charge is 0.252 e. The fraction of sp³-hybridized carbons (Fsp3) is 0.525. The van der Waals surface area contributed by atoms with Gasteiger partial charge in [0.2, 0.25) is 59.1 Å². The number of para-hydroxylation sites is 1. The summed E-state index contributed by atoms with van der Waals surface area (Å²) in [7, 11) is 0. The van der Waals surface area contributed by atoms with Gasteiger partial charge in [0.15, 0.2) is 5.96 Å². The lowest BCUT2D eigenvalue weighted by atomic mass is 9.98. The molecule has 2 aromatic heterocycles. The molecule has 494 valence electrons. The number of carbonyl (C=O) groups excluding carboxylic acids is 11. The van der Waals surface area contributed by atoms with Crippen molar-refractivity contribution in [3.05, 3.63) is 84.1 Å². The number of aliphatic imine (C=N–C) groups is 1. The highest BCUT2D eigenvalue weighted by Crippen LogP contribution is 2.22. The normalized spacial score (nSPS) is 17.1. The van der Waals surface area contributed by atoms with Crippen LogP contribution in [-0.4, -0.2) is 193 Å². The second-order valence-electron chi connectivity index (χ2n) is 23.4. The lowest BCUT2D eigenvalue weighted by Gasteiger charge is -2.31. The van der Waals surface area contributed by atoms with Gasteiger partial charge in [-0.1, -0.05) is 58.0 Å². The van der Waals surface area contributed by atoms with Gasteiger partial charge in [-0.25, -0.2) is 4.98 Å². The summed E-state index contributed by atoms with van der Waals surface area (Å²) in [6, 6.07) is 1.18. The van der Waals surface area contributed by atoms with E-state index in [0.717, 1.165) is 0 Å². The topological polar surface area (TPSA) is 455 Å². The van der Waals surface area contributed by atoms with Crippen LogP contribution in [0, 0.1) is 11.8 Å². The zero-order valence-electron chi connectivity index (χ0n) is 51.8. The molecule has 9 atom stereocenters. The van der Waals surface area contributed by atoms with Crippen molar-refractivity contribution >= 4 is 81.8 Å². The second-order valence-corrected chi connectivity index (χ2v) is 23.4. The molecule has 0 spiro atoms. The number of aromatic amines is 2. The molecule has 4 heterocycles. The first-order chi connectivity index (χ1) is 43.5. The number of carbonyl (C=O) groups is 11. The molecule has 11 amide bonds. The monoisotopic (exact) mass is 1270 g/mol. The Balaban J connectivity index is 1.22. The van der Waals surface area contributed by atoms with E-state index in [1.54, 1.807) is 51.2 Å². The molecule has 91 heavy (non-hydrogen) atoms. The summed E-state index contributed by atoms with van der Waals surface area (Å²) in [5.41, 5.74) is 7.94. The standard InChI is InChI=1S/C61H86N16O14/c1-6-64-59(90)49-14-10-22-77(49)60(91)42(13-9-21-65-61(62)76-51(82)31-79)69-53(84)43(23-33(2)3)70-54(85)44(24-34(4)5)71-55(86)45(25-35-15-17-38(80)18-16-35)72-58(89)48(30-78)75-56(87)46(26-36-28-66-40-12-8-7-11-39(36)40)73-57(88)47(27-37-29-63-32-67-37)74-52(83)41-19-20-50(81)68-41/h7-8,11-12,15-18,28-29,32-34,41-49,66,78-80H,6,9-10,13-14,19-27,30-31H2,1-5H3,(H,63,67)(H,64,90)(H,68,81)(H,69,84)(H,70,85)(H,71,86)(H,72,89)(H,73,88)(H,74,83)(H,75,87)(H3,62,65,76,82)/t41?,42?,43-,44+,45-,46+,47+,48+,49-/m1/s1. The predicted octanol–water partition coefficient (Wildman–Crippen LogP) is -2.29. The Morgan fingerprint density at radius 1 is 0.703 bits per heavy atom. The number of aromatic hydroxyl groups is 1. The number of imidazole rings is 1. The van der Waals surface area contributed by atoms with Crippen LogP contribution in [-0.2, 0) is 72.0 Å². The Morgan fingerprint density at radius 3 is 1.87 bits per heavy atom. The number of hydrogen-bond acceptors (Lipinski definition) is 16. The number of amides is 11. The van der Waals surface area contributed by atoms with E-state index < -0.39 is 121 Å². The molecule has 17 N–H and O–H groups in total. The summed E-state index contributed by atoms with van der Waals surface area (Å²) >= 11 is 0. The lowest BCUT2D eigenvalue weighted by molar-refractivity contribution is -0.142. The molecule has 2 unspecified atom stereocenters. The van der Waals surface area contributed by atoms with Gasteiger partial charge in [-0.05, 0) is 93.0 Å². The van der Waals surface area contributed by atoms with Crippen molar-refractivity contribution in [2.24, 2.45) is 22.6 Å². The Labute approximate surface area is 526 Å². The number of phenols is 1. The summed E-state index contributed by atoms with van der Waals surface area (Å²) in [5, 5.41) is 57.1. The molecule has 0 saturated carbocycles. The van der Waals surface area contributed by atoms with E-state index in [0.29, 0.717) is 47.1 Å². The third-order valence-corrected chi connectivity index (χ3v) is 15.3. The first-order valence-electron chi connectivity index (χ1n) is 30.6. The van der Waals surface area contributed by atoms with Crippen molar-refractivity contribution in [1.82, 2.24) is 73.0 Å². The number of aromatic nitrogens is 3. The van der Waals surface area contributed by atoms with Gasteiger partial charge in [0.05, 0.1) is 12.9 Å². The number of fused-ring (bicyclic) bond motifs is 1. The third-order valence-electron chi connectivity index (χ3n) is 15.3. The Hall–Kier alpha value is -9.45. The zero-order chi connectivity index (χ0) is 66.3. The maximum atomic E-state index is 14.7. The fourth-order valence-corrected chi connectivity index (χ4v) is 10.7. The van der Waals surface area contributed by atoms with Gasteiger partial charge in [0.1, 0.15) is 66.7 Å². The van der Waals surface area contributed by atoms with Crippen molar-refractivity contribution in [1.29, 1.82) is 0 Å². The van der Waals surface area contributed by atoms with E-state index >= 15 is 0 Å². The Kier molecular flexibility index (Phi) is 26.8. The number of hydrogen-bond donors (Lipinski definition) is 16. The summed E-state index contributed by atoms with van der Waals surface area (Å²) < 4.78 is 0. The van der Waals surface area contributed by atoms with Crippen molar-refractivity contribution < 1.29 is 68.1 Å². The minimum absolute atomic E-state index is 0.00951. The van der Waals surface area contributed by atoms with Crippen LogP contribution in [0.3, 0.4) is 0 Å². The van der Waals surface area contributed by atoms with E-state index in [2.05, 4.69) is 73.1 Å². The van der Waals surface area contributed by atoms with Crippen molar-refractivity contribution in [2.45, 2.75) is 160 Å². The number of nitrogens with two attached hydrogens (primary N) is 1. The van der Waals surface area contributed by atoms with Gasteiger partial charge in [0.25, 0.3) is 5.91 Å². The van der Waals surface area contributed by atoms with Crippen molar-refractivity contribution in [2.75, 3.05) is 32.8 Å². The second kappa shape index (κ2) is 34.5. The van der Waals surface area contributed by atoms with Crippen LogP contribution in [0.2, 0.25) is 0 Å². The maximum absolute atomic E-state index is 14.7. The molecule has 2 aliphatic heterocycles. The average molecular weight is 1270 g/mol. The SMILES string of the molecule is CCNC(=O)[C@H]1CCCN1C(=O)C(CCCN=C(N)NC(=O)CO)NC(=O)[C@@H](CC(C)C)NC(=O)[C@H](CC(C)C)NC(=O)[C@@H](Cc1ccc(O)cc1)NC(=O)[C@H](CO)NC(=O)[C@H](Cc1c[nH]c2ccccc12)NC(=O)[C@H](Cc1cnc[nH]1)NC(=O)C1CCC(=O)N1. The van der Waals surface area contributed by atoms with Gasteiger partial charge in [-0.3, -0.25) is 63.0 Å². The van der Waals surface area contributed by atoms with Crippen LogP contribution in [0.15, 0.2) is 72.2 Å². The van der Waals surface area contributed by atoms with Gasteiger partial charge in [-0.15, -0.1) is 0 Å². The van der Waals surface area contributed by atoms with Crippen molar-refractivity contribution in [3.8, 4) is 5.75 Å². The van der Waals surface area contributed by atoms with Crippen LogP contribution in [0.1, 0.15) is 103 Å². The molecule has 0 radical (unpaired) electrons. The first kappa shape index (κ1) is 70.6. The molecule has 30 nitrogen and oxygen atoms in total. The summed E-state index contributed by atoms with van der Waals surface area (Å²) in [6.45, 7) is 7.63. The lowest BCUT2D eigenvalue weighted by Crippen LogP contribution is -2.61. The first-order valence-corrected chi connectivity index (χ1v) is 30.6. The van der Waals surface area contributed by atoms with Gasteiger partial charge >= 0.3 is 0 Å². The molecule has 2 aromatic carbocycles. The highest BCUT2D eigenvalue weighted by molar-refractivity contribution is 6.00. The van der Waals surface area contributed by atoms with Crippen LogP contribution in [0.4, 0.5) is 0 Å². The summed E-state index contributed by atoms with van der Waals surface area (Å²) in [5.74, 6) is -8.83. The molecule has 2 saturated heterocycles. The maximum Gasteiger partial charge on any atom is 0.252 e. The quantitative estimate of drug-likeness (QED) is 0.0136. The molecule has 2 aliphatic rings. The van der Waals surface area contributed by atoms with Gasteiger partial charge in [-0.2, -0.15) is 0 Å². The van der Waals surface area contributed by atoms with E-state index in [4.69, 9.17) is 10.8 Å². The zero-order valence-corrected chi connectivity index (χ0v) is 51.8. The molecule has 0 bridgehead atoms. The van der Waals surface area contributed by atoms with E-state index in [1.807, 2.05) is 13.8 Å². The number of rotatable bonds is 33. The van der Waals surface area contributed by atoms with Crippen LogP contribution in [0.5, 0.6) is 5.75 Å². The number of phenolic OH excluding ortho intramolecular Hbond substituents is 1. The van der Waals surface area contributed by atoms with Gasteiger partial charge in [0, 0.05) is 74.3 Å². The molecular weight excluding hydrogens is 1180 g/mol. The highest BCUT2D eigenvalue weighted by Gasteiger charge is 2.40. The minimum atomic E-state index is -1.77.